The first-order valence-corrected chi connectivity index (χ1v) is 8.49. The van der Waals surface area contributed by atoms with Gasteiger partial charge in [0.25, 0.3) is 0 Å². The average molecular weight is 295 g/mol. The van der Waals surface area contributed by atoms with Gasteiger partial charge in [-0.25, -0.2) is 0 Å². The van der Waals surface area contributed by atoms with Crippen LogP contribution in [0.4, 0.5) is 0 Å². The van der Waals surface area contributed by atoms with E-state index in [0.29, 0.717) is 18.9 Å². The first-order chi connectivity index (χ1) is 10.2. The highest BCUT2D eigenvalue weighted by Gasteiger charge is 2.29. The van der Waals surface area contributed by atoms with Crippen molar-refractivity contribution in [3.05, 3.63) is 0 Å². The molecule has 2 fully saturated rings. The maximum atomic E-state index is 12.5. The van der Waals surface area contributed by atoms with Crippen LogP contribution in [0.25, 0.3) is 0 Å². The van der Waals surface area contributed by atoms with E-state index in [1.54, 1.807) is 0 Å². The second-order valence-electron chi connectivity index (χ2n) is 6.35. The number of carbonyl (C=O) groups is 2. The Balaban J connectivity index is 1.77. The molecular weight excluding hydrogens is 266 g/mol. The molecule has 0 aliphatic carbocycles. The SMILES string of the molecule is CCCC(=O)NCC1CCCN(C(=O)C2CCCCN2)C1. The number of nitrogens with one attached hydrogen (secondary N) is 2. The predicted octanol–water partition coefficient (Wildman–Crippen LogP) is 1.28. The molecule has 120 valence electrons. The zero-order valence-corrected chi connectivity index (χ0v) is 13.2. The van der Waals surface area contributed by atoms with Gasteiger partial charge >= 0.3 is 0 Å². The third kappa shape index (κ3) is 4.99. The smallest absolute Gasteiger partial charge is 0.239 e. The summed E-state index contributed by atoms with van der Waals surface area (Å²) in [5.74, 6) is 0.807. The van der Waals surface area contributed by atoms with Gasteiger partial charge in [-0.2, -0.15) is 0 Å². The number of nitrogens with zero attached hydrogens (tertiary/aromatic N) is 1. The minimum absolute atomic E-state index is 0.0205. The molecule has 0 saturated carbocycles. The summed E-state index contributed by atoms with van der Waals surface area (Å²) in [5, 5.41) is 6.34. The molecule has 2 aliphatic rings. The summed E-state index contributed by atoms with van der Waals surface area (Å²) in [5.41, 5.74) is 0. The first-order valence-electron chi connectivity index (χ1n) is 8.49. The fraction of sp³-hybridized carbons (Fsp3) is 0.875. The lowest BCUT2D eigenvalue weighted by Crippen LogP contribution is -2.52. The molecule has 0 aromatic carbocycles. The third-order valence-electron chi connectivity index (χ3n) is 4.50. The van der Waals surface area contributed by atoms with Crippen molar-refractivity contribution in [2.75, 3.05) is 26.2 Å². The number of rotatable bonds is 5. The van der Waals surface area contributed by atoms with Gasteiger partial charge in [0.1, 0.15) is 0 Å². The van der Waals surface area contributed by atoms with Crippen LogP contribution in [-0.2, 0) is 9.59 Å². The van der Waals surface area contributed by atoms with Crippen molar-refractivity contribution in [2.24, 2.45) is 5.92 Å². The van der Waals surface area contributed by atoms with Crippen LogP contribution in [0.3, 0.4) is 0 Å². The van der Waals surface area contributed by atoms with Crippen molar-refractivity contribution >= 4 is 11.8 Å². The fourth-order valence-electron chi connectivity index (χ4n) is 3.29. The molecule has 2 amide bonds. The molecule has 0 spiro atoms. The van der Waals surface area contributed by atoms with Gasteiger partial charge < -0.3 is 15.5 Å². The molecule has 2 unspecified atom stereocenters. The Bertz CT molecular complexity index is 353. The Morgan fingerprint density at radius 2 is 2.10 bits per heavy atom. The van der Waals surface area contributed by atoms with E-state index >= 15 is 0 Å². The number of piperidine rings is 2. The molecule has 5 nitrogen and oxygen atoms in total. The first kappa shape index (κ1) is 16.3. The van der Waals surface area contributed by atoms with E-state index in [2.05, 4.69) is 10.6 Å². The van der Waals surface area contributed by atoms with Gasteiger partial charge in [-0.05, 0) is 44.6 Å². The van der Waals surface area contributed by atoms with Gasteiger partial charge in [-0.15, -0.1) is 0 Å². The highest BCUT2D eigenvalue weighted by Crippen LogP contribution is 2.18. The van der Waals surface area contributed by atoms with Crippen molar-refractivity contribution in [3.63, 3.8) is 0 Å². The van der Waals surface area contributed by atoms with E-state index < -0.39 is 0 Å². The molecular formula is C16H29N3O2. The Morgan fingerprint density at radius 3 is 2.81 bits per heavy atom. The van der Waals surface area contributed by atoms with E-state index in [0.717, 1.165) is 51.7 Å². The maximum absolute atomic E-state index is 12.5. The van der Waals surface area contributed by atoms with E-state index in [1.165, 1.54) is 6.42 Å². The van der Waals surface area contributed by atoms with Gasteiger partial charge in [0.2, 0.25) is 11.8 Å². The second-order valence-corrected chi connectivity index (χ2v) is 6.35. The van der Waals surface area contributed by atoms with E-state index in [1.807, 2.05) is 11.8 Å². The Labute approximate surface area is 127 Å². The Morgan fingerprint density at radius 1 is 1.24 bits per heavy atom. The normalized spacial score (nSPS) is 26.4. The summed E-state index contributed by atoms with van der Waals surface area (Å²) >= 11 is 0. The molecule has 2 N–H and O–H groups in total. The lowest BCUT2D eigenvalue weighted by atomic mass is 9.96. The van der Waals surface area contributed by atoms with Gasteiger partial charge in [-0.1, -0.05) is 13.3 Å². The summed E-state index contributed by atoms with van der Waals surface area (Å²) < 4.78 is 0. The number of carbonyl (C=O) groups excluding carboxylic acids is 2. The van der Waals surface area contributed by atoms with Crippen molar-refractivity contribution in [3.8, 4) is 0 Å². The summed E-state index contributed by atoms with van der Waals surface area (Å²) in [6.07, 6.45) is 6.92. The van der Waals surface area contributed by atoms with Crippen molar-refractivity contribution in [1.82, 2.24) is 15.5 Å². The molecule has 21 heavy (non-hydrogen) atoms. The largest absolute Gasteiger partial charge is 0.356 e. The summed E-state index contributed by atoms with van der Waals surface area (Å²) in [4.78, 5) is 26.1. The van der Waals surface area contributed by atoms with Crippen LogP contribution in [0.2, 0.25) is 0 Å². The van der Waals surface area contributed by atoms with Gasteiger partial charge in [0.05, 0.1) is 6.04 Å². The fourth-order valence-corrected chi connectivity index (χ4v) is 3.29. The standard InChI is InChI=1S/C16H29N3O2/c1-2-6-15(20)18-11-13-7-5-10-19(12-13)16(21)14-8-3-4-9-17-14/h13-14,17H,2-12H2,1H3,(H,18,20). The van der Waals surface area contributed by atoms with Crippen LogP contribution in [-0.4, -0.2) is 48.9 Å². The van der Waals surface area contributed by atoms with Gasteiger partial charge in [-0.3, -0.25) is 9.59 Å². The monoisotopic (exact) mass is 295 g/mol. The maximum Gasteiger partial charge on any atom is 0.239 e. The highest BCUT2D eigenvalue weighted by molar-refractivity contribution is 5.82. The van der Waals surface area contributed by atoms with Crippen LogP contribution in [0.1, 0.15) is 51.9 Å². The van der Waals surface area contributed by atoms with Crippen LogP contribution in [0.5, 0.6) is 0 Å². The third-order valence-corrected chi connectivity index (χ3v) is 4.50. The minimum Gasteiger partial charge on any atom is -0.356 e. The average Bonchev–Trinajstić information content (AvgIpc) is 2.54. The molecule has 0 radical (unpaired) electrons. The molecule has 2 heterocycles. The van der Waals surface area contributed by atoms with E-state index in [4.69, 9.17) is 0 Å². The van der Waals surface area contributed by atoms with Crippen LogP contribution in [0.15, 0.2) is 0 Å². The van der Waals surface area contributed by atoms with Crippen molar-refractivity contribution < 1.29 is 9.59 Å². The molecule has 2 saturated heterocycles. The van der Waals surface area contributed by atoms with E-state index in [-0.39, 0.29) is 17.9 Å². The molecule has 5 heteroatoms. The van der Waals surface area contributed by atoms with Crippen LogP contribution in [0, 0.1) is 5.92 Å². The van der Waals surface area contributed by atoms with Crippen LogP contribution < -0.4 is 10.6 Å². The van der Waals surface area contributed by atoms with Gasteiger partial charge in [0.15, 0.2) is 0 Å². The quantitative estimate of drug-likeness (QED) is 0.803. The zero-order chi connectivity index (χ0) is 15.1. The molecule has 0 aromatic heterocycles. The number of amides is 2. The van der Waals surface area contributed by atoms with Crippen molar-refractivity contribution in [1.29, 1.82) is 0 Å². The molecule has 0 bridgehead atoms. The molecule has 2 aliphatic heterocycles. The zero-order valence-electron chi connectivity index (χ0n) is 13.2. The lowest BCUT2D eigenvalue weighted by molar-refractivity contribution is -0.135. The number of hydrogen-bond acceptors (Lipinski definition) is 3. The minimum atomic E-state index is 0.0205. The second kappa shape index (κ2) is 8.37. The Hall–Kier alpha value is -1.10. The number of likely N-dealkylation sites (tertiary alicyclic amines) is 1. The topological polar surface area (TPSA) is 61.4 Å². The molecule has 2 rings (SSSR count). The lowest BCUT2D eigenvalue weighted by Gasteiger charge is -2.36. The van der Waals surface area contributed by atoms with Gasteiger partial charge in [0, 0.05) is 26.1 Å². The molecule has 2 atom stereocenters. The highest BCUT2D eigenvalue weighted by atomic mass is 16.2. The molecule has 0 aromatic rings. The van der Waals surface area contributed by atoms with Crippen LogP contribution >= 0.6 is 0 Å². The summed E-state index contributed by atoms with van der Waals surface area (Å²) in [6.45, 7) is 5.35. The summed E-state index contributed by atoms with van der Waals surface area (Å²) in [6, 6.07) is 0.0205. The Kier molecular flexibility index (Phi) is 6.49. The number of hydrogen-bond donors (Lipinski definition) is 2. The predicted molar refractivity (Wildman–Crippen MR) is 82.9 cm³/mol. The summed E-state index contributed by atoms with van der Waals surface area (Å²) in [7, 11) is 0. The van der Waals surface area contributed by atoms with E-state index in [9.17, 15) is 9.59 Å². The van der Waals surface area contributed by atoms with Crippen molar-refractivity contribution in [2.45, 2.75) is 57.9 Å².